The largest absolute Gasteiger partial charge is 0.497 e. The van der Waals surface area contributed by atoms with E-state index in [1.807, 2.05) is 0 Å². The van der Waals surface area contributed by atoms with Gasteiger partial charge in [0.2, 0.25) is 5.01 Å². The van der Waals surface area contributed by atoms with Crippen LogP contribution in [0.1, 0.15) is 25.2 Å². The molecule has 144 valence electrons. The summed E-state index contributed by atoms with van der Waals surface area (Å²) in [5.74, 6) is 0.445. The van der Waals surface area contributed by atoms with Crippen molar-refractivity contribution in [3.8, 4) is 11.5 Å². The van der Waals surface area contributed by atoms with Gasteiger partial charge in [0, 0.05) is 5.69 Å². The van der Waals surface area contributed by atoms with E-state index in [9.17, 15) is 9.59 Å². The summed E-state index contributed by atoms with van der Waals surface area (Å²) in [4.78, 5) is 24.3. The van der Waals surface area contributed by atoms with Gasteiger partial charge in [-0.05, 0) is 48.5 Å². The number of rotatable bonds is 7. The Hall–Kier alpha value is -3.46. The van der Waals surface area contributed by atoms with E-state index in [2.05, 4.69) is 15.5 Å². The number of ether oxygens (including phenoxy) is 3. The van der Waals surface area contributed by atoms with Crippen LogP contribution in [-0.2, 0) is 11.3 Å². The molecular weight excluding hydrogens is 382 g/mol. The number of nitrogens with one attached hydrogen (secondary N) is 1. The maximum atomic E-state index is 12.2. The number of aromatic nitrogens is 2. The number of nitrogens with zero attached hydrogens (tertiary/aromatic N) is 2. The summed E-state index contributed by atoms with van der Waals surface area (Å²) in [6.45, 7) is -0.0711. The zero-order valence-corrected chi connectivity index (χ0v) is 16.0. The summed E-state index contributed by atoms with van der Waals surface area (Å²) in [7, 11) is 3.11. The summed E-state index contributed by atoms with van der Waals surface area (Å²) in [5.41, 5.74) is 0.997. The third kappa shape index (κ3) is 4.83. The Labute approximate surface area is 165 Å². The summed E-state index contributed by atoms with van der Waals surface area (Å²) >= 11 is 1.05. The minimum Gasteiger partial charge on any atom is -0.497 e. The lowest BCUT2D eigenvalue weighted by Gasteiger charge is -2.04. The second-order valence-corrected chi connectivity index (χ2v) is 6.55. The van der Waals surface area contributed by atoms with Crippen molar-refractivity contribution in [2.75, 3.05) is 19.5 Å². The van der Waals surface area contributed by atoms with Crippen LogP contribution in [0, 0.1) is 0 Å². The summed E-state index contributed by atoms with van der Waals surface area (Å²) < 4.78 is 15.3. The van der Waals surface area contributed by atoms with Crippen molar-refractivity contribution in [3.05, 3.63) is 64.1 Å². The van der Waals surface area contributed by atoms with Crippen LogP contribution in [0.25, 0.3) is 0 Å². The molecule has 1 aromatic heterocycles. The summed E-state index contributed by atoms with van der Waals surface area (Å²) in [6.07, 6.45) is 0. The number of carbonyl (C=O) groups excluding carboxylic acids is 2. The molecule has 3 rings (SSSR count). The van der Waals surface area contributed by atoms with E-state index >= 15 is 0 Å². The Balaban J connectivity index is 1.55. The van der Waals surface area contributed by atoms with Crippen molar-refractivity contribution in [3.63, 3.8) is 0 Å². The highest BCUT2D eigenvalue weighted by atomic mass is 32.1. The van der Waals surface area contributed by atoms with Gasteiger partial charge in [-0.25, -0.2) is 4.79 Å². The molecule has 0 fully saturated rings. The SMILES string of the molecule is COc1ccc(NC(=O)c2nnc(COC(=O)c3ccc(OC)cc3)s2)cc1. The molecule has 0 aliphatic carbocycles. The number of benzene rings is 2. The molecule has 0 saturated heterocycles. The second-order valence-electron chi connectivity index (χ2n) is 5.49. The zero-order chi connectivity index (χ0) is 19.9. The fourth-order valence-electron chi connectivity index (χ4n) is 2.20. The minimum absolute atomic E-state index is 0.0711. The third-order valence-electron chi connectivity index (χ3n) is 3.66. The predicted octanol–water partition coefficient (Wildman–Crippen LogP) is 3.16. The van der Waals surface area contributed by atoms with Crippen molar-refractivity contribution in [2.45, 2.75) is 6.61 Å². The number of methoxy groups -OCH3 is 2. The van der Waals surface area contributed by atoms with Crippen LogP contribution in [0.3, 0.4) is 0 Å². The molecule has 0 saturated carbocycles. The molecule has 0 bridgehead atoms. The first-order valence-electron chi connectivity index (χ1n) is 8.18. The topological polar surface area (TPSA) is 99.6 Å². The monoisotopic (exact) mass is 399 g/mol. The van der Waals surface area contributed by atoms with E-state index < -0.39 is 11.9 Å². The lowest BCUT2D eigenvalue weighted by atomic mass is 10.2. The highest BCUT2D eigenvalue weighted by Crippen LogP contribution is 2.18. The second kappa shape index (κ2) is 8.96. The number of anilines is 1. The van der Waals surface area contributed by atoms with Crippen LogP contribution in [0.4, 0.5) is 5.69 Å². The van der Waals surface area contributed by atoms with Crippen LogP contribution in [-0.4, -0.2) is 36.3 Å². The van der Waals surface area contributed by atoms with Gasteiger partial charge >= 0.3 is 5.97 Å². The van der Waals surface area contributed by atoms with Gasteiger partial charge in [0.05, 0.1) is 19.8 Å². The maximum absolute atomic E-state index is 12.2. The Kier molecular flexibility index (Phi) is 6.18. The van der Waals surface area contributed by atoms with E-state index in [4.69, 9.17) is 14.2 Å². The minimum atomic E-state index is -0.498. The van der Waals surface area contributed by atoms with E-state index in [1.54, 1.807) is 62.8 Å². The number of carbonyl (C=O) groups is 2. The van der Waals surface area contributed by atoms with Gasteiger partial charge in [0.25, 0.3) is 5.91 Å². The number of hydrogen-bond acceptors (Lipinski definition) is 8. The van der Waals surface area contributed by atoms with Crippen molar-refractivity contribution < 1.29 is 23.8 Å². The zero-order valence-electron chi connectivity index (χ0n) is 15.2. The fourth-order valence-corrected chi connectivity index (χ4v) is 2.85. The number of esters is 1. The molecule has 0 unspecified atom stereocenters. The van der Waals surface area contributed by atoms with Gasteiger partial charge in [0.1, 0.15) is 18.1 Å². The van der Waals surface area contributed by atoms with Gasteiger partial charge in [-0.1, -0.05) is 11.3 Å². The molecule has 0 spiro atoms. The van der Waals surface area contributed by atoms with Crippen molar-refractivity contribution >= 4 is 28.9 Å². The third-order valence-corrected chi connectivity index (χ3v) is 4.56. The summed E-state index contributed by atoms with van der Waals surface area (Å²) in [6, 6.07) is 13.5. The normalized spacial score (nSPS) is 10.2. The van der Waals surface area contributed by atoms with Crippen LogP contribution < -0.4 is 14.8 Å². The Bertz CT molecular complexity index is 954. The molecule has 0 atom stereocenters. The van der Waals surface area contributed by atoms with Crippen LogP contribution in [0.5, 0.6) is 11.5 Å². The quantitative estimate of drug-likeness (QED) is 0.609. The molecule has 28 heavy (non-hydrogen) atoms. The van der Waals surface area contributed by atoms with Crippen molar-refractivity contribution in [1.29, 1.82) is 0 Å². The first-order valence-corrected chi connectivity index (χ1v) is 8.99. The van der Waals surface area contributed by atoms with Crippen molar-refractivity contribution in [2.24, 2.45) is 0 Å². The van der Waals surface area contributed by atoms with Crippen LogP contribution >= 0.6 is 11.3 Å². The van der Waals surface area contributed by atoms with Gasteiger partial charge in [0.15, 0.2) is 5.01 Å². The van der Waals surface area contributed by atoms with Crippen LogP contribution in [0.2, 0.25) is 0 Å². The van der Waals surface area contributed by atoms with Gasteiger partial charge in [-0.3, -0.25) is 4.79 Å². The van der Waals surface area contributed by atoms with E-state index in [0.717, 1.165) is 11.3 Å². The van der Waals surface area contributed by atoms with E-state index in [-0.39, 0.29) is 11.6 Å². The molecule has 3 aromatic rings. The highest BCUT2D eigenvalue weighted by Gasteiger charge is 2.15. The Morgan fingerprint density at radius 1 is 0.929 bits per heavy atom. The maximum Gasteiger partial charge on any atom is 0.338 e. The molecule has 1 amide bonds. The highest BCUT2D eigenvalue weighted by molar-refractivity contribution is 7.13. The van der Waals surface area contributed by atoms with Crippen molar-refractivity contribution in [1.82, 2.24) is 10.2 Å². The first-order chi connectivity index (χ1) is 13.6. The lowest BCUT2D eigenvalue weighted by Crippen LogP contribution is -2.11. The molecule has 0 aliphatic heterocycles. The average molecular weight is 399 g/mol. The predicted molar refractivity (Wildman–Crippen MR) is 103 cm³/mol. The molecule has 0 radical (unpaired) electrons. The standard InChI is InChI=1S/C19H17N3O5S/c1-25-14-7-3-12(4-8-14)19(24)27-11-16-21-22-18(28-16)17(23)20-13-5-9-15(26-2)10-6-13/h3-10H,11H2,1-2H3,(H,20,23). The Morgan fingerprint density at radius 3 is 2.14 bits per heavy atom. The van der Waals surface area contributed by atoms with Gasteiger partial charge in [-0.2, -0.15) is 0 Å². The average Bonchev–Trinajstić information content (AvgIpc) is 3.22. The molecule has 9 heteroatoms. The number of amides is 1. The molecule has 8 nitrogen and oxygen atoms in total. The number of hydrogen-bond donors (Lipinski definition) is 1. The first kappa shape index (κ1) is 19.3. The van der Waals surface area contributed by atoms with Gasteiger partial charge < -0.3 is 19.5 Å². The smallest absolute Gasteiger partial charge is 0.338 e. The molecule has 0 aliphatic rings. The molecule has 1 heterocycles. The van der Waals surface area contributed by atoms with E-state index in [1.165, 1.54) is 0 Å². The molecule has 1 N–H and O–H groups in total. The molecule has 2 aromatic carbocycles. The van der Waals surface area contributed by atoms with Gasteiger partial charge in [-0.15, -0.1) is 10.2 Å². The summed E-state index contributed by atoms with van der Waals surface area (Å²) in [5, 5.41) is 11.0. The lowest BCUT2D eigenvalue weighted by molar-refractivity contribution is 0.0471. The Morgan fingerprint density at radius 2 is 1.54 bits per heavy atom. The van der Waals surface area contributed by atoms with Crippen LogP contribution in [0.15, 0.2) is 48.5 Å². The fraction of sp³-hybridized carbons (Fsp3) is 0.158. The molecular formula is C19H17N3O5S. The van der Waals surface area contributed by atoms with E-state index in [0.29, 0.717) is 27.8 Å².